The molecule has 132 valence electrons. The molecule has 0 saturated heterocycles. The molecule has 0 saturated carbocycles. The average molecular weight is 394 g/mol. The Morgan fingerprint density at radius 2 is 1.89 bits per heavy atom. The Labute approximate surface area is 162 Å². The summed E-state index contributed by atoms with van der Waals surface area (Å²) in [7, 11) is 0. The molecule has 3 heterocycles. The van der Waals surface area contributed by atoms with Gasteiger partial charge in [0.15, 0.2) is 0 Å². The number of aromatic hydroxyl groups is 1. The molecular formula is C20H12ClN3O2S. The number of H-pyrrole nitrogens is 1. The molecule has 0 fully saturated rings. The zero-order valence-corrected chi connectivity index (χ0v) is 15.4. The van der Waals surface area contributed by atoms with Crippen LogP contribution in [-0.4, -0.2) is 19.5 Å². The second-order valence-corrected chi connectivity index (χ2v) is 7.42. The van der Waals surface area contributed by atoms with Crippen LogP contribution in [0.4, 0.5) is 0 Å². The Morgan fingerprint density at radius 3 is 2.70 bits per heavy atom. The fraction of sp³-hybridized carbons (Fsp3) is 0. The van der Waals surface area contributed by atoms with E-state index in [1.807, 2.05) is 47.8 Å². The summed E-state index contributed by atoms with van der Waals surface area (Å²) in [5.74, 6) is 0.0685. The van der Waals surface area contributed by atoms with Gasteiger partial charge in [0.1, 0.15) is 16.4 Å². The molecular weight excluding hydrogens is 382 g/mol. The zero-order valence-electron chi connectivity index (χ0n) is 13.8. The van der Waals surface area contributed by atoms with Crippen molar-refractivity contribution in [2.75, 3.05) is 0 Å². The Bertz CT molecular complexity index is 1370. The maximum Gasteiger partial charge on any atom is 0.258 e. The summed E-state index contributed by atoms with van der Waals surface area (Å²) in [4.78, 5) is 20.0. The first-order valence-electron chi connectivity index (χ1n) is 8.19. The molecule has 0 unspecified atom stereocenters. The lowest BCUT2D eigenvalue weighted by molar-refractivity contribution is 0.477. The minimum Gasteiger partial charge on any atom is -0.506 e. The summed E-state index contributed by atoms with van der Waals surface area (Å²) in [6, 6.07) is 14.7. The van der Waals surface area contributed by atoms with Crippen molar-refractivity contribution in [3.8, 4) is 27.6 Å². The number of rotatable bonds is 2. The summed E-state index contributed by atoms with van der Waals surface area (Å²) in [6.45, 7) is 0. The first kappa shape index (κ1) is 16.1. The van der Waals surface area contributed by atoms with Gasteiger partial charge >= 0.3 is 0 Å². The largest absolute Gasteiger partial charge is 0.506 e. The molecule has 5 rings (SSSR count). The van der Waals surface area contributed by atoms with Gasteiger partial charge in [-0.2, -0.15) is 0 Å². The van der Waals surface area contributed by atoms with Crippen LogP contribution in [0, 0.1) is 0 Å². The second kappa shape index (κ2) is 5.97. The fourth-order valence-electron chi connectivity index (χ4n) is 3.21. The van der Waals surface area contributed by atoms with E-state index in [4.69, 9.17) is 11.6 Å². The van der Waals surface area contributed by atoms with Crippen molar-refractivity contribution in [1.29, 1.82) is 0 Å². The zero-order chi connectivity index (χ0) is 18.5. The number of hydrogen-bond donors (Lipinski definition) is 2. The summed E-state index contributed by atoms with van der Waals surface area (Å²) in [5.41, 5.74) is 3.29. The Kier molecular flexibility index (Phi) is 3.56. The highest BCUT2D eigenvalue weighted by atomic mass is 35.5. The molecule has 27 heavy (non-hydrogen) atoms. The van der Waals surface area contributed by atoms with Gasteiger partial charge in [0, 0.05) is 16.0 Å². The van der Waals surface area contributed by atoms with Crippen molar-refractivity contribution >= 4 is 39.5 Å². The number of nitrogens with zero attached hydrogens (tertiary/aromatic N) is 2. The number of fused-ring (bicyclic) bond motifs is 3. The van der Waals surface area contributed by atoms with Crippen LogP contribution in [0.1, 0.15) is 0 Å². The second-order valence-electron chi connectivity index (χ2n) is 6.12. The standard InChI is InChI=1S/C20H12ClN3O2S/c21-12-7-5-11(6-8-12)14-10-27-20(22-14)17-16(25)9-24-15-4-2-1-3-13(15)19(26)23-18(17)24/h1-10,25H,(H,23,26). The summed E-state index contributed by atoms with van der Waals surface area (Å²) >= 11 is 7.35. The molecule has 0 aliphatic rings. The maximum atomic E-state index is 12.5. The average Bonchev–Trinajstić information content (AvgIpc) is 3.27. The number of para-hydroxylation sites is 1. The van der Waals surface area contributed by atoms with Crippen LogP contribution in [-0.2, 0) is 0 Å². The number of nitrogens with one attached hydrogen (secondary N) is 1. The molecule has 0 amide bonds. The Morgan fingerprint density at radius 1 is 1.11 bits per heavy atom. The SMILES string of the molecule is O=c1[nH]c2c(-c3nc(-c4ccc(Cl)cc4)cs3)c(O)cn2c2ccccc12. The minimum atomic E-state index is -0.202. The highest BCUT2D eigenvalue weighted by Crippen LogP contribution is 2.38. The van der Waals surface area contributed by atoms with Crippen LogP contribution in [0.3, 0.4) is 0 Å². The highest BCUT2D eigenvalue weighted by molar-refractivity contribution is 7.13. The molecule has 7 heteroatoms. The molecule has 0 atom stereocenters. The summed E-state index contributed by atoms with van der Waals surface area (Å²) in [6.07, 6.45) is 1.60. The summed E-state index contributed by atoms with van der Waals surface area (Å²) < 4.78 is 1.78. The predicted octanol–water partition coefficient (Wildman–Crippen LogP) is 4.93. The van der Waals surface area contributed by atoms with E-state index in [1.54, 1.807) is 16.7 Å². The van der Waals surface area contributed by atoms with Gasteiger partial charge in [-0.25, -0.2) is 4.98 Å². The highest BCUT2D eigenvalue weighted by Gasteiger charge is 2.19. The molecule has 5 aromatic rings. The monoisotopic (exact) mass is 393 g/mol. The third kappa shape index (κ3) is 2.53. The lowest BCUT2D eigenvalue weighted by atomic mass is 10.2. The Balaban J connectivity index is 1.73. The van der Waals surface area contributed by atoms with E-state index in [9.17, 15) is 9.90 Å². The van der Waals surface area contributed by atoms with E-state index in [0.29, 0.717) is 26.6 Å². The lowest BCUT2D eigenvalue weighted by Crippen LogP contribution is -2.09. The first-order chi connectivity index (χ1) is 13.1. The van der Waals surface area contributed by atoms with E-state index in [-0.39, 0.29) is 11.3 Å². The van der Waals surface area contributed by atoms with Crippen molar-refractivity contribution in [1.82, 2.24) is 14.4 Å². The van der Waals surface area contributed by atoms with E-state index >= 15 is 0 Å². The lowest BCUT2D eigenvalue weighted by Gasteiger charge is -2.02. The number of aromatic nitrogens is 3. The van der Waals surface area contributed by atoms with Crippen molar-refractivity contribution in [3.63, 3.8) is 0 Å². The molecule has 0 aliphatic heterocycles. The maximum absolute atomic E-state index is 12.5. The number of halogens is 1. The van der Waals surface area contributed by atoms with Gasteiger partial charge in [-0.05, 0) is 24.3 Å². The number of benzene rings is 2. The third-order valence-corrected chi connectivity index (χ3v) is 5.60. The van der Waals surface area contributed by atoms with Crippen molar-refractivity contribution < 1.29 is 5.11 Å². The van der Waals surface area contributed by atoms with Crippen LogP contribution in [0.2, 0.25) is 5.02 Å². The van der Waals surface area contributed by atoms with E-state index in [2.05, 4.69) is 9.97 Å². The van der Waals surface area contributed by atoms with Crippen LogP contribution < -0.4 is 5.56 Å². The van der Waals surface area contributed by atoms with Gasteiger partial charge < -0.3 is 10.1 Å². The number of thiazole rings is 1. The number of aromatic amines is 1. The van der Waals surface area contributed by atoms with Crippen molar-refractivity contribution in [2.24, 2.45) is 0 Å². The Hall–Kier alpha value is -3.09. The van der Waals surface area contributed by atoms with Crippen LogP contribution in [0.25, 0.3) is 38.4 Å². The van der Waals surface area contributed by atoms with Crippen LogP contribution in [0.15, 0.2) is 64.9 Å². The van der Waals surface area contributed by atoms with Crippen LogP contribution >= 0.6 is 22.9 Å². The van der Waals surface area contributed by atoms with Crippen molar-refractivity contribution in [2.45, 2.75) is 0 Å². The topological polar surface area (TPSA) is 70.4 Å². The van der Waals surface area contributed by atoms with E-state index in [1.165, 1.54) is 11.3 Å². The van der Waals surface area contributed by atoms with Crippen molar-refractivity contribution in [3.05, 3.63) is 75.5 Å². The molecule has 0 spiro atoms. The fourth-order valence-corrected chi connectivity index (χ4v) is 4.22. The molecule has 2 aromatic carbocycles. The minimum absolute atomic E-state index is 0.0685. The summed E-state index contributed by atoms with van der Waals surface area (Å²) in [5, 5.41) is 14.3. The molecule has 0 radical (unpaired) electrons. The van der Waals surface area contributed by atoms with E-state index in [0.717, 1.165) is 16.8 Å². The number of hydrogen-bond acceptors (Lipinski definition) is 4. The molecule has 0 bridgehead atoms. The van der Waals surface area contributed by atoms with Gasteiger partial charge in [0.2, 0.25) is 0 Å². The van der Waals surface area contributed by atoms with Gasteiger partial charge in [0.25, 0.3) is 5.56 Å². The van der Waals surface area contributed by atoms with Gasteiger partial charge in [-0.15, -0.1) is 11.3 Å². The molecule has 3 aromatic heterocycles. The van der Waals surface area contributed by atoms with E-state index < -0.39 is 0 Å². The predicted molar refractivity (Wildman–Crippen MR) is 109 cm³/mol. The molecule has 5 nitrogen and oxygen atoms in total. The van der Waals surface area contributed by atoms with Crippen LogP contribution in [0.5, 0.6) is 5.75 Å². The van der Waals surface area contributed by atoms with Gasteiger partial charge in [-0.1, -0.05) is 35.9 Å². The quantitative estimate of drug-likeness (QED) is 0.446. The smallest absolute Gasteiger partial charge is 0.258 e. The first-order valence-corrected chi connectivity index (χ1v) is 9.44. The molecule has 0 aliphatic carbocycles. The molecule has 2 N–H and O–H groups in total. The normalized spacial score (nSPS) is 11.4. The van der Waals surface area contributed by atoms with Gasteiger partial charge in [-0.3, -0.25) is 9.20 Å². The third-order valence-electron chi connectivity index (χ3n) is 4.48. The van der Waals surface area contributed by atoms with Gasteiger partial charge in [0.05, 0.1) is 28.4 Å².